The second-order valence-corrected chi connectivity index (χ2v) is 7.40. The van der Waals surface area contributed by atoms with E-state index in [1.807, 2.05) is 47.4 Å². The summed E-state index contributed by atoms with van der Waals surface area (Å²) in [5.74, 6) is 0.626. The Bertz CT molecular complexity index is 676. The van der Waals surface area contributed by atoms with Gasteiger partial charge in [-0.25, -0.2) is 4.68 Å². The van der Waals surface area contributed by atoms with Gasteiger partial charge in [-0.05, 0) is 56.0 Å². The highest BCUT2D eigenvalue weighted by Gasteiger charge is 2.14. The second kappa shape index (κ2) is 9.53. The smallest absolute Gasteiger partial charge is 0.220 e. The van der Waals surface area contributed by atoms with E-state index in [0.717, 1.165) is 30.8 Å². The van der Waals surface area contributed by atoms with Crippen molar-refractivity contribution in [1.29, 1.82) is 0 Å². The maximum Gasteiger partial charge on any atom is 0.220 e. The molecule has 1 aliphatic rings. The van der Waals surface area contributed by atoms with Gasteiger partial charge in [0.1, 0.15) is 0 Å². The number of carbonyl (C=O) groups excluding carboxylic acids is 1. The number of hydrogen-bond donors (Lipinski definition) is 1. The van der Waals surface area contributed by atoms with Gasteiger partial charge < -0.3 is 10.2 Å². The fourth-order valence-corrected chi connectivity index (χ4v) is 3.49. The molecule has 0 saturated carbocycles. The van der Waals surface area contributed by atoms with Crippen LogP contribution < -0.4 is 5.32 Å². The average molecular weight is 354 g/mol. The topological polar surface area (TPSA) is 50.2 Å². The van der Waals surface area contributed by atoms with Crippen LogP contribution in [-0.2, 0) is 11.2 Å². The number of likely N-dealkylation sites (tertiary alicyclic amines) is 1. The third-order valence-corrected chi connectivity index (χ3v) is 4.96. The Morgan fingerprint density at radius 1 is 1.19 bits per heavy atom. The van der Waals surface area contributed by atoms with Crippen molar-refractivity contribution in [1.82, 2.24) is 20.0 Å². The maximum atomic E-state index is 12.1. The molecule has 5 nitrogen and oxygen atoms in total. The number of amides is 1. The normalized spacial score (nSPS) is 16.3. The van der Waals surface area contributed by atoms with E-state index in [4.69, 9.17) is 0 Å². The van der Waals surface area contributed by atoms with Crippen molar-refractivity contribution in [2.45, 2.75) is 39.0 Å². The minimum Gasteiger partial charge on any atom is -0.356 e. The molecule has 2 aromatic rings. The van der Waals surface area contributed by atoms with Crippen molar-refractivity contribution in [2.24, 2.45) is 5.92 Å². The number of nitrogens with zero attached hydrogens (tertiary/aromatic N) is 3. The van der Waals surface area contributed by atoms with Gasteiger partial charge in [-0.3, -0.25) is 4.79 Å². The molecule has 140 valence electrons. The third-order valence-electron chi connectivity index (χ3n) is 4.96. The molecule has 1 aromatic heterocycles. The summed E-state index contributed by atoms with van der Waals surface area (Å²) in [7, 11) is 0. The third kappa shape index (κ3) is 5.70. The van der Waals surface area contributed by atoms with Gasteiger partial charge in [-0.1, -0.05) is 31.5 Å². The number of aromatic nitrogens is 2. The Hall–Kier alpha value is -2.14. The molecule has 1 saturated heterocycles. The van der Waals surface area contributed by atoms with Gasteiger partial charge in [0.05, 0.1) is 11.9 Å². The van der Waals surface area contributed by atoms with Gasteiger partial charge in [0, 0.05) is 25.7 Å². The quantitative estimate of drug-likeness (QED) is 0.793. The summed E-state index contributed by atoms with van der Waals surface area (Å²) in [5, 5.41) is 7.47. The number of piperidine rings is 1. The van der Waals surface area contributed by atoms with Crippen LogP contribution in [0.1, 0.15) is 38.2 Å². The molecule has 1 N–H and O–H groups in total. The van der Waals surface area contributed by atoms with Crippen LogP contribution in [0.15, 0.2) is 42.7 Å². The molecule has 1 unspecified atom stereocenters. The first-order valence-electron chi connectivity index (χ1n) is 9.79. The molecule has 0 spiro atoms. The van der Waals surface area contributed by atoms with Crippen LogP contribution in [-0.4, -0.2) is 46.8 Å². The van der Waals surface area contributed by atoms with Crippen LogP contribution in [0.2, 0.25) is 0 Å². The SMILES string of the molecule is CC(CNC(=O)CCc1cnn(-c2ccccc2)c1)CN1CCCCC1. The minimum atomic E-state index is 0.128. The van der Waals surface area contributed by atoms with Gasteiger partial charge in [-0.15, -0.1) is 0 Å². The molecule has 1 fully saturated rings. The largest absolute Gasteiger partial charge is 0.356 e. The molecule has 0 aliphatic carbocycles. The molecule has 5 heteroatoms. The molecule has 3 rings (SSSR count). The van der Waals surface area contributed by atoms with Crippen molar-refractivity contribution in [3.63, 3.8) is 0 Å². The predicted octanol–water partition coefficient (Wildman–Crippen LogP) is 3.04. The number of para-hydroxylation sites is 1. The number of aryl methyl sites for hydroxylation is 1. The van der Waals surface area contributed by atoms with Crippen molar-refractivity contribution in [3.05, 3.63) is 48.3 Å². The van der Waals surface area contributed by atoms with E-state index in [0.29, 0.717) is 12.3 Å². The van der Waals surface area contributed by atoms with Crippen molar-refractivity contribution in [2.75, 3.05) is 26.2 Å². The Labute approximate surface area is 156 Å². The standard InChI is InChI=1S/C21H30N4O/c1-18(16-24-12-6-3-7-13-24)14-22-21(26)11-10-19-15-23-25(17-19)20-8-4-2-5-9-20/h2,4-5,8-9,15,17-18H,3,6-7,10-14,16H2,1H3,(H,22,26). The highest BCUT2D eigenvalue weighted by atomic mass is 16.1. The summed E-state index contributed by atoms with van der Waals surface area (Å²) in [6.07, 6.45) is 9.07. The minimum absolute atomic E-state index is 0.128. The van der Waals surface area contributed by atoms with Crippen molar-refractivity contribution < 1.29 is 4.79 Å². The number of hydrogen-bond acceptors (Lipinski definition) is 3. The number of benzene rings is 1. The summed E-state index contributed by atoms with van der Waals surface area (Å²) < 4.78 is 1.86. The Kier molecular flexibility index (Phi) is 6.83. The highest BCUT2D eigenvalue weighted by Crippen LogP contribution is 2.11. The molecule has 0 bridgehead atoms. The lowest BCUT2D eigenvalue weighted by atomic mass is 10.1. The van der Waals surface area contributed by atoms with E-state index in [9.17, 15) is 4.79 Å². The summed E-state index contributed by atoms with van der Waals surface area (Å²) >= 11 is 0. The van der Waals surface area contributed by atoms with Crippen molar-refractivity contribution >= 4 is 5.91 Å². The molecule has 0 radical (unpaired) electrons. The van der Waals surface area contributed by atoms with Crippen LogP contribution in [0, 0.1) is 5.92 Å². The zero-order chi connectivity index (χ0) is 18.2. The lowest BCUT2D eigenvalue weighted by molar-refractivity contribution is -0.121. The predicted molar refractivity (Wildman–Crippen MR) is 104 cm³/mol. The van der Waals surface area contributed by atoms with Crippen LogP contribution in [0.4, 0.5) is 0 Å². The number of carbonyl (C=O) groups is 1. The number of rotatable bonds is 8. The molecule has 1 amide bonds. The molecule has 26 heavy (non-hydrogen) atoms. The zero-order valence-electron chi connectivity index (χ0n) is 15.7. The monoisotopic (exact) mass is 354 g/mol. The van der Waals surface area contributed by atoms with Crippen molar-refractivity contribution in [3.8, 4) is 5.69 Å². The van der Waals surface area contributed by atoms with E-state index in [1.165, 1.54) is 32.4 Å². The van der Waals surface area contributed by atoms with E-state index in [1.54, 1.807) is 0 Å². The first kappa shape index (κ1) is 18.6. The van der Waals surface area contributed by atoms with Crippen LogP contribution in [0.25, 0.3) is 5.69 Å². The Morgan fingerprint density at radius 2 is 1.96 bits per heavy atom. The van der Waals surface area contributed by atoms with E-state index in [2.05, 4.69) is 22.2 Å². The fourth-order valence-electron chi connectivity index (χ4n) is 3.49. The van der Waals surface area contributed by atoms with Gasteiger partial charge in [0.25, 0.3) is 0 Å². The molecule has 2 heterocycles. The van der Waals surface area contributed by atoms with Crippen LogP contribution in [0.3, 0.4) is 0 Å². The van der Waals surface area contributed by atoms with E-state index < -0.39 is 0 Å². The van der Waals surface area contributed by atoms with Crippen LogP contribution >= 0.6 is 0 Å². The Morgan fingerprint density at radius 3 is 2.73 bits per heavy atom. The molecular weight excluding hydrogens is 324 g/mol. The molecule has 1 atom stereocenters. The first-order valence-corrected chi connectivity index (χ1v) is 9.79. The summed E-state index contributed by atoms with van der Waals surface area (Å²) in [6, 6.07) is 10.0. The first-order chi connectivity index (χ1) is 12.7. The summed E-state index contributed by atoms with van der Waals surface area (Å²) in [4.78, 5) is 14.7. The zero-order valence-corrected chi connectivity index (χ0v) is 15.7. The number of nitrogens with one attached hydrogen (secondary N) is 1. The van der Waals surface area contributed by atoms with Gasteiger partial charge in [0.15, 0.2) is 0 Å². The second-order valence-electron chi connectivity index (χ2n) is 7.40. The van der Waals surface area contributed by atoms with E-state index in [-0.39, 0.29) is 5.91 Å². The van der Waals surface area contributed by atoms with Gasteiger partial charge >= 0.3 is 0 Å². The highest BCUT2D eigenvalue weighted by molar-refractivity contribution is 5.76. The molecular formula is C21H30N4O. The average Bonchev–Trinajstić information content (AvgIpc) is 3.15. The Balaban J connectivity index is 1.37. The molecule has 1 aromatic carbocycles. The summed E-state index contributed by atoms with van der Waals surface area (Å²) in [5.41, 5.74) is 2.13. The molecule has 1 aliphatic heterocycles. The van der Waals surface area contributed by atoms with Crippen LogP contribution in [0.5, 0.6) is 0 Å². The lowest BCUT2D eigenvalue weighted by Crippen LogP contribution is -2.38. The van der Waals surface area contributed by atoms with E-state index >= 15 is 0 Å². The summed E-state index contributed by atoms with van der Waals surface area (Å²) in [6.45, 7) is 6.49. The fraction of sp³-hybridized carbons (Fsp3) is 0.524. The van der Waals surface area contributed by atoms with Gasteiger partial charge in [0.2, 0.25) is 5.91 Å². The van der Waals surface area contributed by atoms with Gasteiger partial charge in [-0.2, -0.15) is 5.10 Å². The maximum absolute atomic E-state index is 12.1. The lowest BCUT2D eigenvalue weighted by Gasteiger charge is -2.29.